The van der Waals surface area contributed by atoms with Crippen molar-refractivity contribution in [2.75, 3.05) is 11.1 Å². The Kier molecular flexibility index (Phi) is 4.73. The number of amides is 1. The molecule has 2 aromatic heterocycles. The van der Waals surface area contributed by atoms with Gasteiger partial charge in [-0.25, -0.2) is 9.67 Å². The molecule has 7 nitrogen and oxygen atoms in total. The van der Waals surface area contributed by atoms with Crippen LogP contribution in [0.25, 0.3) is 10.9 Å². The van der Waals surface area contributed by atoms with Crippen molar-refractivity contribution in [3.8, 4) is 0 Å². The molecule has 0 aliphatic heterocycles. The van der Waals surface area contributed by atoms with Crippen LogP contribution in [0.5, 0.6) is 0 Å². The molecule has 1 aromatic carbocycles. The van der Waals surface area contributed by atoms with E-state index in [4.69, 9.17) is 0 Å². The highest BCUT2D eigenvalue weighted by Crippen LogP contribution is 2.36. The fraction of sp³-hybridized carbons (Fsp3) is 0.368. The van der Waals surface area contributed by atoms with Crippen molar-refractivity contribution < 1.29 is 4.79 Å². The lowest BCUT2D eigenvalue weighted by molar-refractivity contribution is -0.113. The smallest absolute Gasteiger partial charge is 0.262 e. The van der Waals surface area contributed by atoms with Crippen molar-refractivity contribution in [3.05, 3.63) is 46.9 Å². The molecule has 4 rings (SSSR count). The third-order valence-corrected chi connectivity index (χ3v) is 5.40. The van der Waals surface area contributed by atoms with Crippen molar-refractivity contribution in [1.82, 2.24) is 19.3 Å². The normalized spacial score (nSPS) is 14.0. The van der Waals surface area contributed by atoms with Gasteiger partial charge < -0.3 is 5.32 Å². The molecule has 1 fully saturated rings. The summed E-state index contributed by atoms with van der Waals surface area (Å²) in [4.78, 5) is 29.9. The highest BCUT2D eigenvalue weighted by atomic mass is 32.2. The lowest BCUT2D eigenvalue weighted by Crippen LogP contribution is -2.24. The van der Waals surface area contributed by atoms with E-state index in [1.54, 1.807) is 27.6 Å². The molecule has 0 radical (unpaired) electrons. The zero-order valence-electron chi connectivity index (χ0n) is 15.3. The monoisotopic (exact) mass is 383 g/mol. The van der Waals surface area contributed by atoms with Crippen LogP contribution < -0.4 is 10.9 Å². The second-order valence-corrected chi connectivity index (χ2v) is 7.85. The van der Waals surface area contributed by atoms with Gasteiger partial charge in [-0.05, 0) is 38.8 Å². The van der Waals surface area contributed by atoms with Gasteiger partial charge in [-0.3, -0.25) is 14.2 Å². The zero-order chi connectivity index (χ0) is 19.0. The molecule has 0 spiro atoms. The number of carbonyl (C=O) groups is 1. The largest absolute Gasteiger partial charge is 0.310 e. The number of nitrogens with one attached hydrogen (secondary N) is 1. The van der Waals surface area contributed by atoms with E-state index in [0.29, 0.717) is 21.9 Å². The van der Waals surface area contributed by atoms with Crippen LogP contribution in [0, 0.1) is 0 Å². The van der Waals surface area contributed by atoms with Crippen LogP contribution in [0.15, 0.2) is 46.5 Å². The van der Waals surface area contributed by atoms with E-state index in [2.05, 4.69) is 15.4 Å². The summed E-state index contributed by atoms with van der Waals surface area (Å²) in [6, 6.07) is 9.48. The molecule has 27 heavy (non-hydrogen) atoms. The van der Waals surface area contributed by atoms with Gasteiger partial charge in [-0.15, -0.1) is 0 Å². The Balaban J connectivity index is 1.55. The van der Waals surface area contributed by atoms with Crippen LogP contribution in [0.4, 0.5) is 5.82 Å². The quantitative estimate of drug-likeness (QED) is 0.522. The van der Waals surface area contributed by atoms with Crippen molar-refractivity contribution in [2.45, 2.75) is 43.9 Å². The van der Waals surface area contributed by atoms with E-state index in [0.717, 1.165) is 12.8 Å². The zero-order valence-corrected chi connectivity index (χ0v) is 16.1. The van der Waals surface area contributed by atoms with Crippen LogP contribution >= 0.6 is 11.8 Å². The number of rotatable bonds is 6. The highest BCUT2D eigenvalue weighted by Gasteiger charge is 2.28. The van der Waals surface area contributed by atoms with Gasteiger partial charge in [-0.1, -0.05) is 23.9 Å². The van der Waals surface area contributed by atoms with Crippen molar-refractivity contribution in [2.24, 2.45) is 0 Å². The van der Waals surface area contributed by atoms with Gasteiger partial charge in [0.25, 0.3) is 5.56 Å². The molecule has 1 amide bonds. The fourth-order valence-corrected chi connectivity index (χ4v) is 3.88. The maximum absolute atomic E-state index is 12.8. The molecule has 3 aromatic rings. The number of para-hydroxylation sites is 1. The minimum atomic E-state index is -0.146. The van der Waals surface area contributed by atoms with Gasteiger partial charge in [0.05, 0.1) is 22.9 Å². The van der Waals surface area contributed by atoms with E-state index >= 15 is 0 Å². The molecule has 0 bridgehead atoms. The lowest BCUT2D eigenvalue weighted by Gasteiger charge is -2.13. The number of carbonyl (C=O) groups excluding carboxylic acids is 1. The first-order valence-corrected chi connectivity index (χ1v) is 10.0. The molecule has 1 aliphatic rings. The van der Waals surface area contributed by atoms with Crippen LogP contribution in [0.2, 0.25) is 0 Å². The van der Waals surface area contributed by atoms with Crippen molar-refractivity contribution in [3.63, 3.8) is 0 Å². The number of thioether (sulfide) groups is 1. The summed E-state index contributed by atoms with van der Waals surface area (Å²) in [5.41, 5.74) is 0.643. The maximum Gasteiger partial charge on any atom is 0.262 e. The second-order valence-electron chi connectivity index (χ2n) is 6.91. The Morgan fingerprint density at radius 2 is 2.07 bits per heavy atom. The first-order valence-electron chi connectivity index (χ1n) is 9.02. The summed E-state index contributed by atoms with van der Waals surface area (Å²) in [5.74, 6) is 0.703. The predicted octanol–water partition coefficient (Wildman–Crippen LogP) is 3.24. The lowest BCUT2D eigenvalue weighted by atomic mass is 10.2. The number of benzene rings is 1. The van der Waals surface area contributed by atoms with Gasteiger partial charge in [0.1, 0.15) is 5.82 Å². The first kappa shape index (κ1) is 17.8. The van der Waals surface area contributed by atoms with Gasteiger partial charge in [0.15, 0.2) is 5.16 Å². The average Bonchev–Trinajstić information content (AvgIpc) is 3.37. The van der Waals surface area contributed by atoms with E-state index in [1.807, 2.05) is 32.0 Å². The average molecular weight is 383 g/mol. The molecule has 140 valence electrons. The standard InChI is InChI=1S/C19H21N5O2S/c1-12(2)24-16(9-10-20-24)22-17(25)11-27-19-21-15-6-4-3-5-14(15)18(26)23(19)13-7-8-13/h3-6,9-10,12-13H,7-8,11H2,1-2H3,(H,22,25). The fourth-order valence-electron chi connectivity index (χ4n) is 3.02. The molecule has 0 saturated heterocycles. The molecule has 8 heteroatoms. The minimum absolute atomic E-state index is 0.0242. The van der Waals surface area contributed by atoms with E-state index < -0.39 is 0 Å². The Bertz CT molecular complexity index is 1050. The van der Waals surface area contributed by atoms with E-state index in [9.17, 15) is 9.59 Å². The molecule has 0 unspecified atom stereocenters. The predicted molar refractivity (Wildman–Crippen MR) is 106 cm³/mol. The highest BCUT2D eigenvalue weighted by molar-refractivity contribution is 7.99. The van der Waals surface area contributed by atoms with E-state index in [1.165, 1.54) is 11.8 Å². The van der Waals surface area contributed by atoms with Gasteiger partial charge in [0, 0.05) is 18.2 Å². The Morgan fingerprint density at radius 3 is 2.81 bits per heavy atom. The van der Waals surface area contributed by atoms with Gasteiger partial charge in [0.2, 0.25) is 5.91 Å². The molecule has 1 aliphatic carbocycles. The van der Waals surface area contributed by atoms with Crippen molar-refractivity contribution in [1.29, 1.82) is 0 Å². The second kappa shape index (κ2) is 7.19. The number of fused-ring (bicyclic) bond motifs is 1. The first-order chi connectivity index (χ1) is 13.0. The summed E-state index contributed by atoms with van der Waals surface area (Å²) >= 11 is 1.30. The summed E-state index contributed by atoms with van der Waals surface area (Å²) in [6.07, 6.45) is 3.62. The van der Waals surface area contributed by atoms with Crippen molar-refractivity contribution >= 4 is 34.4 Å². The summed E-state index contributed by atoms with van der Waals surface area (Å²) in [7, 11) is 0. The van der Waals surface area contributed by atoms with Gasteiger partial charge >= 0.3 is 0 Å². The summed E-state index contributed by atoms with van der Waals surface area (Å²) in [6.45, 7) is 4.01. The molecular weight excluding hydrogens is 362 g/mol. The Morgan fingerprint density at radius 1 is 1.30 bits per heavy atom. The van der Waals surface area contributed by atoms with Crippen LogP contribution in [-0.2, 0) is 4.79 Å². The topological polar surface area (TPSA) is 81.8 Å². The molecular formula is C19H21N5O2S. The molecule has 0 atom stereocenters. The number of nitrogens with zero attached hydrogens (tertiary/aromatic N) is 4. The number of hydrogen-bond donors (Lipinski definition) is 1. The van der Waals surface area contributed by atoms with E-state index in [-0.39, 0.29) is 29.3 Å². The molecule has 1 N–H and O–H groups in total. The molecule has 2 heterocycles. The van der Waals surface area contributed by atoms with Gasteiger partial charge in [-0.2, -0.15) is 5.10 Å². The Labute approximate surface area is 160 Å². The summed E-state index contributed by atoms with van der Waals surface area (Å²) < 4.78 is 3.51. The molecule has 1 saturated carbocycles. The SMILES string of the molecule is CC(C)n1nccc1NC(=O)CSc1nc2ccccc2c(=O)n1C1CC1. The maximum atomic E-state index is 12.8. The Hall–Kier alpha value is -2.61. The number of hydrogen-bond acceptors (Lipinski definition) is 5. The number of aromatic nitrogens is 4. The van der Waals surface area contributed by atoms with Crippen LogP contribution in [0.3, 0.4) is 0 Å². The number of anilines is 1. The van der Waals surface area contributed by atoms with Crippen LogP contribution in [-0.4, -0.2) is 31.0 Å². The minimum Gasteiger partial charge on any atom is -0.310 e. The summed E-state index contributed by atoms with van der Waals surface area (Å²) in [5, 5.41) is 8.33. The third kappa shape index (κ3) is 3.62. The third-order valence-electron chi connectivity index (χ3n) is 4.45. The van der Waals surface area contributed by atoms with Crippen LogP contribution in [0.1, 0.15) is 38.8 Å².